The fraction of sp³-hybridized carbons (Fsp3) is 0.900. The number of ether oxygens (including phenoxy) is 1. The molecular weight excluding hydrogens is 214 g/mol. The van der Waals surface area contributed by atoms with Gasteiger partial charge >= 0.3 is 5.97 Å². The van der Waals surface area contributed by atoms with Crippen molar-refractivity contribution in [1.82, 2.24) is 4.90 Å². The number of carboxylic acid groups (broad SMARTS) is 1. The molecule has 2 saturated heterocycles. The maximum atomic E-state index is 11.5. The summed E-state index contributed by atoms with van der Waals surface area (Å²) < 4.78 is 5.27. The zero-order valence-electron chi connectivity index (χ0n) is 8.94. The molecule has 0 saturated carbocycles. The average Bonchev–Trinajstić information content (AvgIpc) is 2.63. The fourth-order valence-corrected chi connectivity index (χ4v) is 3.75. The second-order valence-corrected chi connectivity index (χ2v) is 5.69. The standard InChI is InChI=1S/C10H17NO3S/c1-8-6-10(7-15-8,9(12)13)11-2-4-14-5-3-11/h8H,2-7H2,1H3,(H,12,13). The van der Waals surface area contributed by atoms with Gasteiger partial charge in [-0.15, -0.1) is 0 Å². The Labute approximate surface area is 94.0 Å². The van der Waals surface area contributed by atoms with Crippen LogP contribution in [0.1, 0.15) is 13.3 Å². The van der Waals surface area contributed by atoms with Crippen molar-refractivity contribution >= 4 is 17.7 Å². The summed E-state index contributed by atoms with van der Waals surface area (Å²) in [5.74, 6) is 0.0463. The molecule has 0 bridgehead atoms. The first-order chi connectivity index (χ1) is 7.15. The number of aliphatic carboxylic acids is 1. The van der Waals surface area contributed by atoms with Crippen LogP contribution >= 0.6 is 11.8 Å². The van der Waals surface area contributed by atoms with Gasteiger partial charge in [0.2, 0.25) is 0 Å². The van der Waals surface area contributed by atoms with E-state index in [4.69, 9.17) is 4.74 Å². The minimum atomic E-state index is -0.666. The lowest BCUT2D eigenvalue weighted by atomic mass is 9.93. The van der Waals surface area contributed by atoms with Gasteiger partial charge in [-0.25, -0.2) is 0 Å². The van der Waals surface area contributed by atoms with Crippen LogP contribution in [0.5, 0.6) is 0 Å². The third-order valence-corrected chi connectivity index (χ3v) is 4.63. The lowest BCUT2D eigenvalue weighted by Gasteiger charge is -2.39. The van der Waals surface area contributed by atoms with Crippen LogP contribution in [0.4, 0.5) is 0 Å². The van der Waals surface area contributed by atoms with Crippen LogP contribution in [0, 0.1) is 0 Å². The van der Waals surface area contributed by atoms with Gasteiger partial charge in [0.25, 0.3) is 0 Å². The van der Waals surface area contributed by atoms with Gasteiger partial charge in [-0.3, -0.25) is 9.69 Å². The molecule has 0 radical (unpaired) electrons. The van der Waals surface area contributed by atoms with Gasteiger partial charge in [0.05, 0.1) is 13.2 Å². The highest BCUT2D eigenvalue weighted by molar-refractivity contribution is 8.00. The lowest BCUT2D eigenvalue weighted by Crippen LogP contribution is -2.58. The molecule has 2 heterocycles. The Morgan fingerprint density at radius 3 is 2.67 bits per heavy atom. The van der Waals surface area contributed by atoms with Crippen LogP contribution in [0.25, 0.3) is 0 Å². The minimum Gasteiger partial charge on any atom is -0.480 e. The number of nitrogens with zero attached hydrogens (tertiary/aromatic N) is 1. The number of thioether (sulfide) groups is 1. The first-order valence-corrected chi connectivity index (χ1v) is 6.38. The van der Waals surface area contributed by atoms with E-state index < -0.39 is 11.5 Å². The molecule has 15 heavy (non-hydrogen) atoms. The highest BCUT2D eigenvalue weighted by Gasteiger charge is 2.49. The van der Waals surface area contributed by atoms with Crippen molar-refractivity contribution in [3.63, 3.8) is 0 Å². The number of hydrogen-bond donors (Lipinski definition) is 1. The van der Waals surface area contributed by atoms with Crippen LogP contribution in [0.15, 0.2) is 0 Å². The van der Waals surface area contributed by atoms with Gasteiger partial charge in [0.15, 0.2) is 0 Å². The van der Waals surface area contributed by atoms with Gasteiger partial charge < -0.3 is 9.84 Å². The monoisotopic (exact) mass is 231 g/mol. The Balaban J connectivity index is 2.14. The van der Waals surface area contributed by atoms with Crippen molar-refractivity contribution < 1.29 is 14.6 Å². The van der Waals surface area contributed by atoms with Gasteiger partial charge in [0.1, 0.15) is 5.54 Å². The zero-order chi connectivity index (χ0) is 10.9. The summed E-state index contributed by atoms with van der Waals surface area (Å²) in [4.78, 5) is 13.6. The average molecular weight is 231 g/mol. The smallest absolute Gasteiger partial charge is 0.325 e. The molecule has 86 valence electrons. The van der Waals surface area contributed by atoms with E-state index in [1.165, 1.54) is 0 Å². The summed E-state index contributed by atoms with van der Waals surface area (Å²) in [5, 5.41) is 9.89. The molecule has 5 heteroatoms. The Morgan fingerprint density at radius 1 is 1.53 bits per heavy atom. The fourth-order valence-electron chi connectivity index (χ4n) is 2.37. The van der Waals surface area contributed by atoms with Crippen molar-refractivity contribution in [2.24, 2.45) is 0 Å². The normalized spacial score (nSPS) is 38.1. The highest BCUT2D eigenvalue weighted by atomic mass is 32.2. The molecule has 0 amide bonds. The highest BCUT2D eigenvalue weighted by Crippen LogP contribution is 2.39. The molecule has 4 nitrogen and oxygen atoms in total. The van der Waals surface area contributed by atoms with E-state index in [1.807, 2.05) is 0 Å². The van der Waals surface area contributed by atoms with E-state index >= 15 is 0 Å². The summed E-state index contributed by atoms with van der Waals surface area (Å²) in [5.41, 5.74) is -0.631. The molecule has 0 aromatic heterocycles. The maximum absolute atomic E-state index is 11.5. The van der Waals surface area contributed by atoms with Crippen molar-refractivity contribution in [2.75, 3.05) is 32.1 Å². The predicted octanol–water partition coefficient (Wildman–Crippen LogP) is 0.667. The maximum Gasteiger partial charge on any atom is 0.325 e. The molecule has 2 rings (SSSR count). The number of rotatable bonds is 2. The number of hydrogen-bond acceptors (Lipinski definition) is 4. The third kappa shape index (κ3) is 2.00. The SMILES string of the molecule is CC1CC(C(=O)O)(N2CCOCC2)CS1. The quantitative estimate of drug-likeness (QED) is 0.757. The Hall–Kier alpha value is -0.260. The van der Waals surface area contributed by atoms with Crippen molar-refractivity contribution in [3.05, 3.63) is 0 Å². The van der Waals surface area contributed by atoms with E-state index in [1.54, 1.807) is 11.8 Å². The molecule has 2 unspecified atom stereocenters. The topological polar surface area (TPSA) is 49.8 Å². The Kier molecular flexibility index (Phi) is 3.23. The second kappa shape index (κ2) is 4.31. The molecular formula is C10H17NO3S. The zero-order valence-corrected chi connectivity index (χ0v) is 9.76. The summed E-state index contributed by atoms with van der Waals surface area (Å²) in [6.45, 7) is 4.93. The molecule has 2 aliphatic rings. The van der Waals surface area contributed by atoms with Gasteiger partial charge in [-0.05, 0) is 6.42 Å². The van der Waals surface area contributed by atoms with Crippen molar-refractivity contribution in [1.29, 1.82) is 0 Å². The van der Waals surface area contributed by atoms with Crippen LogP contribution in [-0.2, 0) is 9.53 Å². The van der Waals surface area contributed by atoms with Crippen LogP contribution in [0.3, 0.4) is 0 Å². The van der Waals surface area contributed by atoms with Crippen LogP contribution in [0.2, 0.25) is 0 Å². The summed E-state index contributed by atoms with van der Waals surface area (Å²) in [6, 6.07) is 0. The first-order valence-electron chi connectivity index (χ1n) is 5.33. The van der Waals surface area contributed by atoms with E-state index in [0.29, 0.717) is 24.2 Å². The summed E-state index contributed by atoms with van der Waals surface area (Å²) in [7, 11) is 0. The van der Waals surface area contributed by atoms with E-state index in [9.17, 15) is 9.90 Å². The molecule has 0 aromatic carbocycles. The first kappa shape index (κ1) is 11.2. The molecule has 1 N–H and O–H groups in total. The summed E-state index contributed by atoms with van der Waals surface area (Å²) in [6.07, 6.45) is 0.757. The largest absolute Gasteiger partial charge is 0.480 e. The van der Waals surface area contributed by atoms with Crippen LogP contribution in [-0.4, -0.2) is 58.8 Å². The number of carbonyl (C=O) groups is 1. The van der Waals surface area contributed by atoms with Gasteiger partial charge in [-0.1, -0.05) is 6.92 Å². The summed E-state index contributed by atoms with van der Waals surface area (Å²) >= 11 is 1.76. The third-order valence-electron chi connectivity index (χ3n) is 3.25. The Bertz CT molecular complexity index is 255. The minimum absolute atomic E-state index is 0.448. The van der Waals surface area contributed by atoms with Gasteiger partial charge in [0, 0.05) is 24.1 Å². The van der Waals surface area contributed by atoms with E-state index in [0.717, 1.165) is 19.5 Å². The Morgan fingerprint density at radius 2 is 2.20 bits per heavy atom. The van der Waals surface area contributed by atoms with Crippen molar-refractivity contribution in [3.8, 4) is 0 Å². The van der Waals surface area contributed by atoms with Crippen molar-refractivity contribution in [2.45, 2.75) is 24.1 Å². The van der Waals surface area contributed by atoms with E-state index in [2.05, 4.69) is 11.8 Å². The molecule has 0 spiro atoms. The number of morpholine rings is 1. The molecule has 0 aliphatic carbocycles. The lowest BCUT2D eigenvalue weighted by molar-refractivity contribution is -0.153. The molecule has 2 atom stereocenters. The molecule has 2 aliphatic heterocycles. The van der Waals surface area contributed by atoms with E-state index in [-0.39, 0.29) is 0 Å². The predicted molar refractivity (Wildman–Crippen MR) is 59.3 cm³/mol. The van der Waals surface area contributed by atoms with Gasteiger partial charge in [-0.2, -0.15) is 11.8 Å². The molecule has 2 fully saturated rings. The second-order valence-electron chi connectivity index (χ2n) is 4.26. The number of carboxylic acids is 1. The molecule has 0 aromatic rings. The van der Waals surface area contributed by atoms with Crippen LogP contribution < -0.4 is 0 Å².